The van der Waals surface area contributed by atoms with Crippen molar-refractivity contribution < 1.29 is 22.7 Å². The first-order chi connectivity index (χ1) is 17.5. The summed E-state index contributed by atoms with van der Waals surface area (Å²) < 4.78 is 31.6. The van der Waals surface area contributed by atoms with Gasteiger partial charge in [-0.1, -0.05) is 54.6 Å². The third-order valence-electron chi connectivity index (χ3n) is 6.50. The van der Waals surface area contributed by atoms with Gasteiger partial charge in [-0.25, -0.2) is 8.42 Å². The van der Waals surface area contributed by atoms with Crippen molar-refractivity contribution in [3.63, 3.8) is 0 Å². The molecule has 37 heavy (non-hydrogen) atoms. The molecule has 11 heteroatoms. The van der Waals surface area contributed by atoms with E-state index in [1.54, 1.807) is 43.3 Å². The van der Waals surface area contributed by atoms with Crippen LogP contribution in [0.2, 0.25) is 10.0 Å². The average Bonchev–Trinajstić information content (AvgIpc) is 2.86. The van der Waals surface area contributed by atoms with Crippen LogP contribution in [-0.4, -0.2) is 57.1 Å². The largest absolute Gasteiger partial charge is 0.497 e. The SMILES string of the molecule is COc1cccc(N(CC(=O)N(Cc2ccc(Cl)cc2Cl)[C@@H](C)C(=O)NC2CCCCC2)S(C)(=O)=O)c1. The molecule has 8 nitrogen and oxygen atoms in total. The van der Waals surface area contributed by atoms with E-state index in [-0.39, 0.29) is 24.2 Å². The van der Waals surface area contributed by atoms with Crippen molar-refractivity contribution in [3.8, 4) is 5.75 Å². The molecule has 0 radical (unpaired) electrons. The molecule has 2 amide bonds. The lowest BCUT2D eigenvalue weighted by atomic mass is 9.95. The molecule has 1 atom stereocenters. The van der Waals surface area contributed by atoms with Crippen molar-refractivity contribution in [1.82, 2.24) is 10.2 Å². The van der Waals surface area contributed by atoms with Crippen molar-refractivity contribution in [1.29, 1.82) is 0 Å². The van der Waals surface area contributed by atoms with E-state index in [9.17, 15) is 18.0 Å². The minimum absolute atomic E-state index is 0.00377. The number of ether oxygens (including phenoxy) is 1. The Morgan fingerprint density at radius 1 is 1.11 bits per heavy atom. The highest BCUT2D eigenvalue weighted by molar-refractivity contribution is 7.92. The molecular weight excluding hydrogens is 537 g/mol. The lowest BCUT2D eigenvalue weighted by molar-refractivity contribution is -0.139. The van der Waals surface area contributed by atoms with Gasteiger partial charge in [0.1, 0.15) is 18.3 Å². The van der Waals surface area contributed by atoms with E-state index in [2.05, 4.69) is 5.32 Å². The monoisotopic (exact) mass is 569 g/mol. The highest BCUT2D eigenvalue weighted by Crippen LogP contribution is 2.26. The topological polar surface area (TPSA) is 96.0 Å². The minimum atomic E-state index is -3.84. The molecule has 2 aromatic rings. The van der Waals surface area contributed by atoms with Crippen LogP contribution in [-0.2, 0) is 26.2 Å². The first-order valence-electron chi connectivity index (χ1n) is 12.1. The van der Waals surface area contributed by atoms with Crippen molar-refractivity contribution in [3.05, 3.63) is 58.1 Å². The van der Waals surface area contributed by atoms with Crippen molar-refractivity contribution >= 4 is 50.7 Å². The van der Waals surface area contributed by atoms with Gasteiger partial charge in [0.25, 0.3) is 0 Å². The molecule has 2 aromatic carbocycles. The van der Waals surface area contributed by atoms with E-state index < -0.39 is 28.5 Å². The molecule has 0 heterocycles. The quantitative estimate of drug-likeness (QED) is 0.449. The summed E-state index contributed by atoms with van der Waals surface area (Å²) in [5.41, 5.74) is 0.864. The molecule has 0 aromatic heterocycles. The van der Waals surface area contributed by atoms with Gasteiger partial charge in [0.05, 0.1) is 19.1 Å². The predicted octanol–water partition coefficient (Wildman–Crippen LogP) is 4.63. The highest BCUT2D eigenvalue weighted by atomic mass is 35.5. The summed E-state index contributed by atoms with van der Waals surface area (Å²) in [5, 5.41) is 3.84. The molecule has 1 N–H and O–H groups in total. The zero-order valence-corrected chi connectivity index (χ0v) is 23.6. The Kier molecular flexibility index (Phi) is 10.1. The first-order valence-corrected chi connectivity index (χ1v) is 14.8. The summed E-state index contributed by atoms with van der Waals surface area (Å²) in [6.45, 7) is 1.14. The van der Waals surface area contributed by atoms with Crippen LogP contribution in [0.15, 0.2) is 42.5 Å². The van der Waals surface area contributed by atoms with E-state index in [4.69, 9.17) is 27.9 Å². The lowest BCUT2D eigenvalue weighted by Crippen LogP contribution is -2.53. The molecule has 1 aliphatic carbocycles. The number of hydrogen-bond acceptors (Lipinski definition) is 5. The molecule has 3 rings (SSSR count). The van der Waals surface area contributed by atoms with E-state index in [1.807, 2.05) is 0 Å². The Morgan fingerprint density at radius 2 is 1.81 bits per heavy atom. The Hall–Kier alpha value is -2.49. The summed E-state index contributed by atoms with van der Waals surface area (Å²) in [4.78, 5) is 28.3. The number of nitrogens with one attached hydrogen (secondary N) is 1. The fourth-order valence-electron chi connectivity index (χ4n) is 4.36. The number of halogens is 2. The van der Waals surface area contributed by atoms with Gasteiger partial charge in [0.2, 0.25) is 21.8 Å². The number of rotatable bonds is 10. The summed E-state index contributed by atoms with van der Waals surface area (Å²) in [6.07, 6.45) is 6.06. The molecule has 202 valence electrons. The van der Waals surface area contributed by atoms with E-state index >= 15 is 0 Å². The number of carbonyl (C=O) groups is 2. The van der Waals surface area contributed by atoms with Crippen molar-refractivity contribution in [2.45, 2.75) is 57.7 Å². The second kappa shape index (κ2) is 12.8. The predicted molar refractivity (Wildman–Crippen MR) is 147 cm³/mol. The van der Waals surface area contributed by atoms with Gasteiger partial charge in [0.15, 0.2) is 0 Å². The van der Waals surface area contributed by atoms with Crippen molar-refractivity contribution in [2.24, 2.45) is 0 Å². The summed E-state index contributed by atoms with van der Waals surface area (Å²) >= 11 is 12.4. The normalized spacial score (nSPS) is 15.1. The van der Waals surface area contributed by atoms with Crippen LogP contribution >= 0.6 is 23.2 Å². The van der Waals surface area contributed by atoms with Crippen LogP contribution < -0.4 is 14.4 Å². The number of carbonyl (C=O) groups excluding carboxylic acids is 2. The number of nitrogens with zero attached hydrogens (tertiary/aromatic N) is 2. The Balaban J connectivity index is 1.90. The van der Waals surface area contributed by atoms with E-state index in [0.717, 1.165) is 42.7 Å². The van der Waals surface area contributed by atoms with Gasteiger partial charge >= 0.3 is 0 Å². The fourth-order valence-corrected chi connectivity index (χ4v) is 5.67. The van der Waals surface area contributed by atoms with E-state index in [0.29, 0.717) is 21.4 Å². The Labute approximate surface area is 228 Å². The maximum absolute atomic E-state index is 13.7. The van der Waals surface area contributed by atoms with Gasteiger partial charge in [-0.2, -0.15) is 0 Å². The fraction of sp³-hybridized carbons (Fsp3) is 0.462. The molecular formula is C26H33Cl2N3O5S. The van der Waals surface area contributed by atoms with Crippen LogP contribution in [0.5, 0.6) is 5.75 Å². The van der Waals surface area contributed by atoms with Gasteiger partial charge in [-0.05, 0) is 49.6 Å². The summed E-state index contributed by atoms with van der Waals surface area (Å²) in [7, 11) is -2.37. The maximum Gasteiger partial charge on any atom is 0.244 e. The second-order valence-corrected chi connectivity index (χ2v) is 12.0. The number of hydrogen-bond donors (Lipinski definition) is 1. The summed E-state index contributed by atoms with van der Waals surface area (Å²) in [6, 6.07) is 10.5. The van der Waals surface area contributed by atoms with Gasteiger partial charge in [-0.15, -0.1) is 0 Å². The Morgan fingerprint density at radius 3 is 2.43 bits per heavy atom. The zero-order chi connectivity index (χ0) is 27.2. The smallest absolute Gasteiger partial charge is 0.244 e. The standard InChI is InChI=1S/C26H33Cl2N3O5S/c1-18(26(33)29-21-8-5-4-6-9-21)30(16-19-12-13-20(27)14-24(19)28)25(32)17-31(37(3,34)35)22-10-7-11-23(15-22)36-2/h7,10-15,18,21H,4-6,8-9,16-17H2,1-3H3,(H,29,33)/t18-/m0/s1. The number of amides is 2. The van der Waals surface area contributed by atoms with Crippen molar-refractivity contribution in [2.75, 3.05) is 24.2 Å². The minimum Gasteiger partial charge on any atom is -0.497 e. The van der Waals surface area contributed by atoms with E-state index in [1.165, 1.54) is 18.1 Å². The molecule has 1 saturated carbocycles. The van der Waals surface area contributed by atoms with Crippen LogP contribution in [0.4, 0.5) is 5.69 Å². The number of benzene rings is 2. The van der Waals surface area contributed by atoms with Crippen LogP contribution in [0.3, 0.4) is 0 Å². The maximum atomic E-state index is 13.7. The van der Waals surface area contributed by atoms with Crippen LogP contribution in [0, 0.1) is 0 Å². The van der Waals surface area contributed by atoms with Gasteiger partial charge in [0, 0.05) is 28.7 Å². The highest BCUT2D eigenvalue weighted by Gasteiger charge is 2.31. The molecule has 0 bridgehead atoms. The number of sulfonamides is 1. The molecule has 0 saturated heterocycles. The Bertz CT molecular complexity index is 1220. The van der Waals surface area contributed by atoms with Crippen LogP contribution in [0.1, 0.15) is 44.6 Å². The summed E-state index contributed by atoms with van der Waals surface area (Å²) in [5.74, 6) is -0.396. The molecule has 0 unspecified atom stereocenters. The van der Waals surface area contributed by atoms with Gasteiger partial charge in [-0.3, -0.25) is 13.9 Å². The molecule has 1 fully saturated rings. The van der Waals surface area contributed by atoms with Crippen LogP contribution in [0.25, 0.3) is 0 Å². The third kappa shape index (κ3) is 7.99. The van der Waals surface area contributed by atoms with Gasteiger partial charge < -0.3 is 15.0 Å². The first kappa shape index (κ1) is 29.1. The third-order valence-corrected chi connectivity index (χ3v) is 8.22. The molecule has 0 spiro atoms. The molecule has 1 aliphatic rings. The number of methoxy groups -OCH3 is 1. The number of anilines is 1. The zero-order valence-electron chi connectivity index (χ0n) is 21.2. The second-order valence-electron chi connectivity index (χ2n) is 9.25. The molecule has 0 aliphatic heterocycles. The lowest BCUT2D eigenvalue weighted by Gasteiger charge is -2.33. The average molecular weight is 571 g/mol.